The van der Waals surface area contributed by atoms with Gasteiger partial charge in [0.2, 0.25) is 0 Å². The summed E-state index contributed by atoms with van der Waals surface area (Å²) in [7, 11) is 1.94. The van der Waals surface area contributed by atoms with Crippen LogP contribution in [0.5, 0.6) is 0 Å². The number of aliphatic hydroxyl groups excluding tert-OH is 1. The molecule has 0 fully saturated rings. The Morgan fingerprint density at radius 3 is 2.33 bits per heavy atom. The van der Waals surface area contributed by atoms with Crippen molar-refractivity contribution in [3.63, 3.8) is 0 Å². The van der Waals surface area contributed by atoms with Crippen LogP contribution in [0.2, 0.25) is 0 Å². The second-order valence-electron chi connectivity index (χ2n) is 3.50. The van der Waals surface area contributed by atoms with Crippen LogP contribution in [0.3, 0.4) is 0 Å². The first-order valence-electron chi connectivity index (χ1n) is 4.69. The van der Waals surface area contributed by atoms with E-state index < -0.39 is 0 Å². The lowest BCUT2D eigenvalue weighted by molar-refractivity contribution is 0.250. The van der Waals surface area contributed by atoms with E-state index in [4.69, 9.17) is 5.11 Å². The minimum Gasteiger partial charge on any atom is -0.396 e. The van der Waals surface area contributed by atoms with Crippen molar-refractivity contribution in [3.05, 3.63) is 0 Å². The molecule has 0 bridgehead atoms. The molecule has 12 heavy (non-hydrogen) atoms. The van der Waals surface area contributed by atoms with Crippen LogP contribution >= 0.6 is 0 Å². The zero-order valence-corrected chi connectivity index (χ0v) is 8.43. The van der Waals surface area contributed by atoms with Crippen LogP contribution < -0.4 is 10.6 Å². The van der Waals surface area contributed by atoms with Gasteiger partial charge in [-0.1, -0.05) is 13.8 Å². The molecule has 0 aromatic rings. The molecular formula is C9H22N2O. The van der Waals surface area contributed by atoms with Gasteiger partial charge in [-0.25, -0.2) is 0 Å². The second kappa shape index (κ2) is 7.53. The van der Waals surface area contributed by atoms with Crippen LogP contribution in [0.4, 0.5) is 0 Å². The summed E-state index contributed by atoms with van der Waals surface area (Å²) >= 11 is 0. The van der Waals surface area contributed by atoms with Crippen molar-refractivity contribution in [1.29, 1.82) is 0 Å². The topological polar surface area (TPSA) is 44.3 Å². The summed E-state index contributed by atoms with van der Waals surface area (Å²) in [6.45, 7) is 6.51. The molecule has 0 aromatic heterocycles. The third-order valence-electron chi connectivity index (χ3n) is 1.84. The van der Waals surface area contributed by atoms with E-state index in [1.54, 1.807) is 0 Å². The van der Waals surface area contributed by atoms with Crippen LogP contribution in [0.15, 0.2) is 0 Å². The number of nitrogens with one attached hydrogen (secondary N) is 2. The number of aliphatic hydroxyl groups is 1. The summed E-state index contributed by atoms with van der Waals surface area (Å²) < 4.78 is 0. The predicted octanol–water partition coefficient (Wildman–Crippen LogP) is 0.202. The molecule has 0 unspecified atom stereocenters. The Bertz CT molecular complexity index is 90.5. The van der Waals surface area contributed by atoms with E-state index in [9.17, 15) is 0 Å². The fourth-order valence-electron chi connectivity index (χ4n) is 1.15. The van der Waals surface area contributed by atoms with Crippen molar-refractivity contribution in [2.24, 2.45) is 5.92 Å². The highest BCUT2D eigenvalue weighted by Crippen LogP contribution is 1.99. The lowest BCUT2D eigenvalue weighted by Crippen LogP contribution is -2.34. The van der Waals surface area contributed by atoms with E-state index in [2.05, 4.69) is 24.5 Å². The van der Waals surface area contributed by atoms with E-state index in [-0.39, 0.29) is 6.61 Å². The van der Waals surface area contributed by atoms with Crippen LogP contribution in [0, 0.1) is 5.92 Å². The fraction of sp³-hybridized carbons (Fsp3) is 1.00. The molecule has 3 heteroatoms. The standard InChI is InChI=1S/C9H22N2O/c1-8(2)11-7-9(4-5-12)6-10-3/h8-12H,4-7H2,1-3H3/t9-/m1/s1. The molecule has 0 aromatic carbocycles. The largest absolute Gasteiger partial charge is 0.396 e. The van der Waals surface area contributed by atoms with Crippen molar-refractivity contribution in [3.8, 4) is 0 Å². The average molecular weight is 174 g/mol. The third-order valence-corrected chi connectivity index (χ3v) is 1.84. The Hall–Kier alpha value is -0.120. The van der Waals surface area contributed by atoms with Crippen molar-refractivity contribution in [2.45, 2.75) is 26.3 Å². The summed E-state index contributed by atoms with van der Waals surface area (Å²) in [5.74, 6) is 0.544. The quantitative estimate of drug-likeness (QED) is 0.517. The van der Waals surface area contributed by atoms with E-state index in [1.807, 2.05) is 7.05 Å². The lowest BCUT2D eigenvalue weighted by atomic mass is 10.1. The second-order valence-corrected chi connectivity index (χ2v) is 3.50. The van der Waals surface area contributed by atoms with Gasteiger partial charge in [-0.05, 0) is 32.5 Å². The van der Waals surface area contributed by atoms with Gasteiger partial charge in [0.1, 0.15) is 0 Å². The van der Waals surface area contributed by atoms with Crippen molar-refractivity contribution in [2.75, 3.05) is 26.7 Å². The van der Waals surface area contributed by atoms with Gasteiger partial charge >= 0.3 is 0 Å². The molecule has 3 N–H and O–H groups in total. The Morgan fingerprint density at radius 1 is 1.25 bits per heavy atom. The highest BCUT2D eigenvalue weighted by molar-refractivity contribution is 4.65. The van der Waals surface area contributed by atoms with E-state index in [1.165, 1.54) is 0 Å². The minimum atomic E-state index is 0.284. The van der Waals surface area contributed by atoms with Crippen LogP contribution in [-0.4, -0.2) is 37.9 Å². The molecule has 0 saturated heterocycles. The zero-order chi connectivity index (χ0) is 9.40. The van der Waals surface area contributed by atoms with Gasteiger partial charge in [0.25, 0.3) is 0 Å². The van der Waals surface area contributed by atoms with Gasteiger partial charge in [-0.2, -0.15) is 0 Å². The van der Waals surface area contributed by atoms with Gasteiger partial charge in [-0.3, -0.25) is 0 Å². The maximum Gasteiger partial charge on any atom is 0.0434 e. The van der Waals surface area contributed by atoms with E-state index >= 15 is 0 Å². The molecule has 0 aliphatic heterocycles. The molecular weight excluding hydrogens is 152 g/mol. The summed E-state index contributed by atoms with van der Waals surface area (Å²) in [5.41, 5.74) is 0. The SMILES string of the molecule is CNC[C@@H](CCO)CNC(C)C. The predicted molar refractivity (Wildman–Crippen MR) is 52.3 cm³/mol. The minimum absolute atomic E-state index is 0.284. The molecule has 0 amide bonds. The molecule has 74 valence electrons. The average Bonchev–Trinajstić information content (AvgIpc) is 2.01. The van der Waals surface area contributed by atoms with Gasteiger partial charge in [0.15, 0.2) is 0 Å². The summed E-state index contributed by atoms with van der Waals surface area (Å²) in [6.07, 6.45) is 0.876. The highest BCUT2D eigenvalue weighted by Gasteiger charge is 2.06. The van der Waals surface area contributed by atoms with Crippen molar-refractivity contribution >= 4 is 0 Å². The fourth-order valence-corrected chi connectivity index (χ4v) is 1.15. The molecule has 0 heterocycles. The van der Waals surface area contributed by atoms with Crippen molar-refractivity contribution < 1.29 is 5.11 Å². The molecule has 0 radical (unpaired) electrons. The van der Waals surface area contributed by atoms with Crippen molar-refractivity contribution in [1.82, 2.24) is 10.6 Å². The normalized spacial score (nSPS) is 13.8. The lowest BCUT2D eigenvalue weighted by Gasteiger charge is -2.17. The molecule has 1 atom stereocenters. The van der Waals surface area contributed by atoms with Gasteiger partial charge in [-0.15, -0.1) is 0 Å². The molecule has 0 spiro atoms. The maximum atomic E-state index is 8.77. The molecule has 0 saturated carbocycles. The first-order valence-corrected chi connectivity index (χ1v) is 4.69. The molecule has 0 aliphatic rings. The Morgan fingerprint density at radius 2 is 1.92 bits per heavy atom. The summed E-state index contributed by atoms with van der Waals surface area (Å²) in [4.78, 5) is 0. The molecule has 3 nitrogen and oxygen atoms in total. The summed E-state index contributed by atoms with van der Waals surface area (Å²) in [5, 5.41) is 15.3. The Kier molecular flexibility index (Phi) is 7.45. The highest BCUT2D eigenvalue weighted by atomic mass is 16.3. The van der Waals surface area contributed by atoms with E-state index in [0.717, 1.165) is 19.5 Å². The number of rotatable bonds is 7. The van der Waals surface area contributed by atoms with Gasteiger partial charge in [0, 0.05) is 12.6 Å². The van der Waals surface area contributed by atoms with Gasteiger partial charge in [0.05, 0.1) is 0 Å². The summed E-state index contributed by atoms with van der Waals surface area (Å²) in [6, 6.07) is 0.531. The Labute approximate surface area is 75.6 Å². The molecule has 0 rings (SSSR count). The monoisotopic (exact) mass is 174 g/mol. The van der Waals surface area contributed by atoms with E-state index in [0.29, 0.717) is 12.0 Å². The first-order chi connectivity index (χ1) is 5.70. The zero-order valence-electron chi connectivity index (χ0n) is 8.43. The smallest absolute Gasteiger partial charge is 0.0434 e. The van der Waals surface area contributed by atoms with Gasteiger partial charge < -0.3 is 15.7 Å². The third kappa shape index (κ3) is 6.58. The Balaban J connectivity index is 3.48. The number of hydrogen-bond donors (Lipinski definition) is 3. The molecule has 0 aliphatic carbocycles. The first kappa shape index (κ1) is 11.9. The maximum absolute atomic E-state index is 8.77. The van der Waals surface area contributed by atoms with Crippen LogP contribution in [0.1, 0.15) is 20.3 Å². The van der Waals surface area contributed by atoms with Crippen LogP contribution in [0.25, 0.3) is 0 Å². The number of hydrogen-bond acceptors (Lipinski definition) is 3. The van der Waals surface area contributed by atoms with Crippen LogP contribution in [-0.2, 0) is 0 Å².